The van der Waals surface area contributed by atoms with E-state index in [1.807, 2.05) is 6.92 Å². The molecule has 1 saturated carbocycles. The molecule has 88 valence electrons. The maximum absolute atomic E-state index is 9.21. The Kier molecular flexibility index (Phi) is 3.33. The summed E-state index contributed by atoms with van der Waals surface area (Å²) in [5, 5.41) is 9.21. The molecule has 1 saturated heterocycles. The maximum atomic E-state index is 9.21. The fourth-order valence-electron chi connectivity index (χ4n) is 3.27. The predicted octanol–water partition coefficient (Wildman–Crippen LogP) is 0.961. The minimum absolute atomic E-state index is 0.0842. The molecule has 0 bridgehead atoms. The Morgan fingerprint density at radius 2 is 2.07 bits per heavy atom. The van der Waals surface area contributed by atoms with Crippen molar-refractivity contribution in [1.82, 2.24) is 4.90 Å². The number of aliphatic hydroxyl groups excluding tert-OH is 1. The van der Waals surface area contributed by atoms with Gasteiger partial charge in [0.1, 0.15) is 0 Å². The number of nitrogens with two attached hydrogens (primary N) is 1. The summed E-state index contributed by atoms with van der Waals surface area (Å²) < 4.78 is 0. The van der Waals surface area contributed by atoms with Crippen molar-refractivity contribution in [2.24, 2.45) is 11.7 Å². The van der Waals surface area contributed by atoms with E-state index in [1.165, 1.54) is 38.6 Å². The van der Waals surface area contributed by atoms with Crippen molar-refractivity contribution in [2.75, 3.05) is 19.7 Å². The summed E-state index contributed by atoms with van der Waals surface area (Å²) in [6, 6.07) is 0.758. The van der Waals surface area contributed by atoms with Crippen LogP contribution in [0.2, 0.25) is 0 Å². The maximum Gasteiger partial charge on any atom is 0.0621 e. The van der Waals surface area contributed by atoms with Crippen LogP contribution in [-0.2, 0) is 0 Å². The average Bonchev–Trinajstić information content (AvgIpc) is 2.66. The quantitative estimate of drug-likeness (QED) is 0.732. The molecule has 3 atom stereocenters. The Labute approximate surface area is 92.6 Å². The fourth-order valence-corrected chi connectivity index (χ4v) is 3.27. The van der Waals surface area contributed by atoms with Gasteiger partial charge in [-0.2, -0.15) is 0 Å². The van der Waals surface area contributed by atoms with E-state index in [2.05, 4.69) is 4.90 Å². The standard InChI is InChI=1S/C12H24N2O/c1-12(13,9-15)8-14-7-3-5-10-4-2-6-11(10)14/h10-11,15H,2-9,13H2,1H3. The molecule has 1 aliphatic carbocycles. The van der Waals surface area contributed by atoms with Crippen molar-refractivity contribution in [2.45, 2.75) is 50.6 Å². The van der Waals surface area contributed by atoms with Crippen molar-refractivity contribution in [1.29, 1.82) is 0 Å². The van der Waals surface area contributed by atoms with Crippen molar-refractivity contribution in [3.63, 3.8) is 0 Å². The number of likely N-dealkylation sites (tertiary alicyclic amines) is 1. The predicted molar refractivity (Wildman–Crippen MR) is 61.6 cm³/mol. The first-order chi connectivity index (χ1) is 7.12. The van der Waals surface area contributed by atoms with Crippen LogP contribution in [0.25, 0.3) is 0 Å². The van der Waals surface area contributed by atoms with Gasteiger partial charge in [-0.15, -0.1) is 0 Å². The normalized spacial score (nSPS) is 36.2. The number of nitrogens with zero attached hydrogens (tertiary/aromatic N) is 1. The van der Waals surface area contributed by atoms with E-state index < -0.39 is 5.54 Å². The Balaban J connectivity index is 1.96. The molecule has 2 fully saturated rings. The summed E-state index contributed by atoms with van der Waals surface area (Å²) in [5.41, 5.74) is 5.61. The third-order valence-electron chi connectivity index (χ3n) is 4.03. The number of hydrogen-bond acceptors (Lipinski definition) is 3. The summed E-state index contributed by atoms with van der Waals surface area (Å²) in [7, 11) is 0. The third-order valence-corrected chi connectivity index (χ3v) is 4.03. The van der Waals surface area contributed by atoms with Crippen LogP contribution in [-0.4, -0.2) is 41.3 Å². The van der Waals surface area contributed by atoms with Crippen LogP contribution in [0.5, 0.6) is 0 Å². The van der Waals surface area contributed by atoms with Gasteiger partial charge >= 0.3 is 0 Å². The lowest BCUT2D eigenvalue weighted by atomic mass is 9.90. The van der Waals surface area contributed by atoms with Crippen LogP contribution < -0.4 is 5.73 Å². The number of aliphatic hydroxyl groups is 1. The van der Waals surface area contributed by atoms with Crippen LogP contribution in [0.15, 0.2) is 0 Å². The van der Waals surface area contributed by atoms with Crippen LogP contribution in [0.3, 0.4) is 0 Å². The highest BCUT2D eigenvalue weighted by molar-refractivity contribution is 4.93. The van der Waals surface area contributed by atoms with E-state index >= 15 is 0 Å². The van der Waals surface area contributed by atoms with Crippen molar-refractivity contribution < 1.29 is 5.11 Å². The minimum atomic E-state index is -0.426. The molecule has 15 heavy (non-hydrogen) atoms. The first-order valence-corrected chi connectivity index (χ1v) is 6.26. The number of fused-ring (bicyclic) bond motifs is 1. The van der Waals surface area contributed by atoms with Crippen LogP contribution in [0, 0.1) is 5.92 Å². The summed E-state index contributed by atoms with van der Waals surface area (Å²) in [6.45, 7) is 4.06. The van der Waals surface area contributed by atoms with Gasteiger partial charge in [-0.3, -0.25) is 4.90 Å². The Morgan fingerprint density at radius 1 is 1.33 bits per heavy atom. The third kappa shape index (κ3) is 2.52. The molecular formula is C12H24N2O. The van der Waals surface area contributed by atoms with E-state index in [4.69, 9.17) is 5.73 Å². The zero-order valence-electron chi connectivity index (χ0n) is 9.78. The molecule has 0 spiro atoms. The lowest BCUT2D eigenvalue weighted by molar-refractivity contribution is 0.0709. The molecule has 3 nitrogen and oxygen atoms in total. The van der Waals surface area contributed by atoms with E-state index in [-0.39, 0.29) is 6.61 Å². The van der Waals surface area contributed by atoms with E-state index in [0.29, 0.717) is 0 Å². The molecule has 0 aromatic rings. The van der Waals surface area contributed by atoms with E-state index in [9.17, 15) is 5.11 Å². The van der Waals surface area contributed by atoms with Gasteiger partial charge in [0.2, 0.25) is 0 Å². The summed E-state index contributed by atoms with van der Waals surface area (Å²) >= 11 is 0. The Hall–Kier alpha value is -0.120. The van der Waals surface area contributed by atoms with Gasteiger partial charge in [0, 0.05) is 18.1 Å². The summed E-state index contributed by atoms with van der Waals surface area (Å²) in [4.78, 5) is 2.53. The first kappa shape index (κ1) is 11.4. The first-order valence-electron chi connectivity index (χ1n) is 6.26. The molecule has 3 N–H and O–H groups in total. The highest BCUT2D eigenvalue weighted by Gasteiger charge is 2.36. The second-order valence-corrected chi connectivity index (χ2v) is 5.68. The molecule has 2 aliphatic rings. The Morgan fingerprint density at radius 3 is 2.80 bits per heavy atom. The van der Waals surface area contributed by atoms with Gasteiger partial charge in [0.25, 0.3) is 0 Å². The van der Waals surface area contributed by atoms with E-state index in [1.54, 1.807) is 0 Å². The molecule has 0 aromatic heterocycles. The lowest BCUT2D eigenvalue weighted by Gasteiger charge is -2.41. The molecule has 3 unspecified atom stereocenters. The van der Waals surface area contributed by atoms with Gasteiger partial charge in [-0.05, 0) is 45.1 Å². The van der Waals surface area contributed by atoms with Gasteiger partial charge in [0.15, 0.2) is 0 Å². The highest BCUT2D eigenvalue weighted by atomic mass is 16.3. The molecular weight excluding hydrogens is 188 g/mol. The molecule has 0 aromatic carbocycles. The van der Waals surface area contributed by atoms with Crippen LogP contribution in [0.4, 0.5) is 0 Å². The van der Waals surface area contributed by atoms with E-state index in [0.717, 1.165) is 18.5 Å². The molecule has 0 radical (unpaired) electrons. The van der Waals surface area contributed by atoms with Gasteiger partial charge in [0.05, 0.1) is 6.61 Å². The zero-order chi connectivity index (χ0) is 10.9. The fraction of sp³-hybridized carbons (Fsp3) is 1.00. The number of rotatable bonds is 3. The van der Waals surface area contributed by atoms with Crippen LogP contribution in [0.1, 0.15) is 39.0 Å². The largest absolute Gasteiger partial charge is 0.394 e. The second-order valence-electron chi connectivity index (χ2n) is 5.68. The summed E-state index contributed by atoms with van der Waals surface area (Å²) in [5.74, 6) is 0.910. The van der Waals surface area contributed by atoms with Gasteiger partial charge in [-0.25, -0.2) is 0 Å². The Bertz CT molecular complexity index is 218. The number of hydrogen-bond donors (Lipinski definition) is 2. The van der Waals surface area contributed by atoms with Crippen molar-refractivity contribution in [3.8, 4) is 0 Å². The molecule has 1 aliphatic heterocycles. The van der Waals surface area contributed by atoms with Crippen LogP contribution >= 0.6 is 0 Å². The molecule has 3 heteroatoms. The highest BCUT2D eigenvalue weighted by Crippen LogP contribution is 2.36. The topological polar surface area (TPSA) is 49.5 Å². The number of piperidine rings is 1. The molecule has 1 heterocycles. The molecule has 0 amide bonds. The monoisotopic (exact) mass is 212 g/mol. The van der Waals surface area contributed by atoms with Gasteiger partial charge in [-0.1, -0.05) is 6.42 Å². The van der Waals surface area contributed by atoms with Gasteiger partial charge < -0.3 is 10.8 Å². The minimum Gasteiger partial charge on any atom is -0.394 e. The smallest absolute Gasteiger partial charge is 0.0621 e. The zero-order valence-corrected chi connectivity index (χ0v) is 9.78. The summed E-state index contributed by atoms with van der Waals surface area (Å²) in [6.07, 6.45) is 6.84. The van der Waals surface area contributed by atoms with Crippen molar-refractivity contribution in [3.05, 3.63) is 0 Å². The average molecular weight is 212 g/mol. The SMILES string of the molecule is CC(N)(CO)CN1CCCC2CCCC21. The lowest BCUT2D eigenvalue weighted by Crippen LogP contribution is -2.55. The second kappa shape index (κ2) is 4.40. The molecule has 2 rings (SSSR count). The van der Waals surface area contributed by atoms with Crippen molar-refractivity contribution >= 4 is 0 Å².